The van der Waals surface area contributed by atoms with E-state index in [0.29, 0.717) is 30.9 Å². The van der Waals surface area contributed by atoms with E-state index in [1.807, 2.05) is 0 Å². The van der Waals surface area contributed by atoms with Crippen LogP contribution in [0.3, 0.4) is 0 Å². The fourth-order valence-electron chi connectivity index (χ4n) is 2.02. The monoisotopic (exact) mass is 356 g/mol. The number of rotatable bonds is 9. The molecular weight excluding hydrogens is 336 g/mol. The Kier molecular flexibility index (Phi) is 7.24. The zero-order valence-corrected chi connectivity index (χ0v) is 14.2. The Bertz CT molecular complexity index is 751. The molecule has 0 saturated carbocycles. The maximum atomic E-state index is 12.1. The van der Waals surface area contributed by atoms with Crippen molar-refractivity contribution in [1.29, 1.82) is 0 Å². The van der Waals surface area contributed by atoms with Crippen LogP contribution in [-0.4, -0.2) is 30.3 Å². The molecule has 6 nitrogen and oxygen atoms in total. The van der Waals surface area contributed by atoms with E-state index in [4.69, 9.17) is 14.2 Å². The third-order valence-corrected chi connectivity index (χ3v) is 3.38. The lowest BCUT2D eigenvalue weighted by Gasteiger charge is -2.08. The van der Waals surface area contributed by atoms with Crippen molar-refractivity contribution in [3.8, 4) is 17.2 Å². The summed E-state index contributed by atoms with van der Waals surface area (Å²) < 4.78 is 15.6. The van der Waals surface area contributed by atoms with E-state index >= 15 is 0 Å². The second-order valence-electron chi connectivity index (χ2n) is 5.31. The fraction of sp³-hybridized carbons (Fsp3) is 0.200. The summed E-state index contributed by atoms with van der Waals surface area (Å²) in [5.41, 5.74) is 0.344. The molecule has 1 N–H and O–H groups in total. The Hall–Kier alpha value is -3.28. The molecule has 0 heterocycles. The minimum absolute atomic E-state index is 0.0976. The molecule has 0 spiro atoms. The van der Waals surface area contributed by atoms with Crippen LogP contribution in [0.1, 0.15) is 23.2 Å². The number of carbonyl (C=O) groups is 2. The molecule has 6 heteroatoms. The number of phenolic OH excluding ortho intramolecular Hbond substituents is 1. The molecular formula is C20H20O6. The maximum absolute atomic E-state index is 12.1. The maximum Gasteiger partial charge on any atom is 0.343 e. The van der Waals surface area contributed by atoms with Crippen molar-refractivity contribution in [3.05, 3.63) is 66.7 Å². The Labute approximate surface area is 151 Å². The van der Waals surface area contributed by atoms with Crippen LogP contribution < -0.4 is 9.47 Å². The number of hydrogen-bond donors (Lipinski definition) is 1. The zero-order chi connectivity index (χ0) is 18.8. The van der Waals surface area contributed by atoms with Gasteiger partial charge < -0.3 is 19.3 Å². The van der Waals surface area contributed by atoms with Gasteiger partial charge in [0.15, 0.2) is 11.5 Å². The number of phenols is 1. The third kappa shape index (κ3) is 5.98. The van der Waals surface area contributed by atoms with Crippen LogP contribution in [0.2, 0.25) is 0 Å². The van der Waals surface area contributed by atoms with Crippen LogP contribution in [0.25, 0.3) is 0 Å². The quantitative estimate of drug-likeness (QED) is 0.320. The van der Waals surface area contributed by atoms with Crippen molar-refractivity contribution < 1.29 is 28.9 Å². The summed E-state index contributed by atoms with van der Waals surface area (Å²) in [5, 5.41) is 9.62. The van der Waals surface area contributed by atoms with Crippen LogP contribution in [0.4, 0.5) is 0 Å². The van der Waals surface area contributed by atoms with E-state index in [0.717, 1.165) is 12.5 Å². The Morgan fingerprint density at radius 1 is 1.00 bits per heavy atom. The molecule has 0 radical (unpaired) electrons. The molecule has 0 unspecified atom stereocenters. The number of carbonyl (C=O) groups excluding carboxylic acids is 2. The van der Waals surface area contributed by atoms with E-state index in [-0.39, 0.29) is 11.5 Å². The number of unbranched alkanes of at least 4 members (excludes halogenated alkanes) is 1. The summed E-state index contributed by atoms with van der Waals surface area (Å²) in [6, 6.07) is 12.8. The minimum Gasteiger partial charge on any atom is -0.504 e. The molecule has 26 heavy (non-hydrogen) atoms. The molecule has 0 fully saturated rings. The highest BCUT2D eigenvalue weighted by Crippen LogP contribution is 2.25. The van der Waals surface area contributed by atoms with E-state index < -0.39 is 11.9 Å². The van der Waals surface area contributed by atoms with Gasteiger partial charge in [0.1, 0.15) is 5.75 Å². The Balaban J connectivity index is 1.75. The summed E-state index contributed by atoms with van der Waals surface area (Å²) in [7, 11) is 0. The van der Waals surface area contributed by atoms with Crippen LogP contribution in [0.15, 0.2) is 61.2 Å². The molecule has 0 bridgehead atoms. The van der Waals surface area contributed by atoms with Gasteiger partial charge in [0, 0.05) is 6.08 Å². The predicted octanol–water partition coefficient (Wildman–Crippen LogP) is 3.50. The third-order valence-electron chi connectivity index (χ3n) is 3.38. The van der Waals surface area contributed by atoms with Crippen LogP contribution >= 0.6 is 0 Å². The first-order valence-electron chi connectivity index (χ1n) is 8.12. The van der Waals surface area contributed by atoms with Crippen molar-refractivity contribution in [2.24, 2.45) is 0 Å². The van der Waals surface area contributed by atoms with E-state index in [1.54, 1.807) is 36.4 Å². The van der Waals surface area contributed by atoms with E-state index in [9.17, 15) is 14.7 Å². The van der Waals surface area contributed by atoms with Gasteiger partial charge in [-0.2, -0.15) is 0 Å². The number of para-hydroxylation sites is 2. The number of esters is 2. The van der Waals surface area contributed by atoms with Gasteiger partial charge in [-0.15, -0.1) is 0 Å². The number of ether oxygens (including phenoxy) is 3. The van der Waals surface area contributed by atoms with Gasteiger partial charge in [0.2, 0.25) is 0 Å². The van der Waals surface area contributed by atoms with E-state index in [2.05, 4.69) is 6.58 Å². The van der Waals surface area contributed by atoms with Crippen molar-refractivity contribution in [1.82, 2.24) is 0 Å². The fourth-order valence-corrected chi connectivity index (χ4v) is 2.02. The Morgan fingerprint density at radius 3 is 2.38 bits per heavy atom. The van der Waals surface area contributed by atoms with Crippen molar-refractivity contribution in [2.45, 2.75) is 12.8 Å². The normalized spacial score (nSPS) is 10.0. The molecule has 2 aromatic rings. The second-order valence-corrected chi connectivity index (χ2v) is 5.31. The van der Waals surface area contributed by atoms with Gasteiger partial charge in [-0.05, 0) is 49.2 Å². The second kappa shape index (κ2) is 9.88. The molecule has 2 aromatic carbocycles. The highest BCUT2D eigenvalue weighted by Gasteiger charge is 2.11. The minimum atomic E-state index is -0.568. The topological polar surface area (TPSA) is 82.1 Å². The summed E-state index contributed by atoms with van der Waals surface area (Å²) in [4.78, 5) is 22.9. The predicted molar refractivity (Wildman–Crippen MR) is 95.4 cm³/mol. The van der Waals surface area contributed by atoms with Gasteiger partial charge in [-0.1, -0.05) is 18.7 Å². The summed E-state index contributed by atoms with van der Waals surface area (Å²) in [5.74, 6) is -0.374. The largest absolute Gasteiger partial charge is 0.504 e. The van der Waals surface area contributed by atoms with Gasteiger partial charge in [-0.25, -0.2) is 9.59 Å². The average molecular weight is 356 g/mol. The highest BCUT2D eigenvalue weighted by atomic mass is 16.5. The number of benzene rings is 2. The lowest BCUT2D eigenvalue weighted by molar-refractivity contribution is -0.137. The summed E-state index contributed by atoms with van der Waals surface area (Å²) in [6.45, 7) is 4.11. The molecule has 0 aliphatic heterocycles. The van der Waals surface area contributed by atoms with Gasteiger partial charge in [-0.3, -0.25) is 0 Å². The van der Waals surface area contributed by atoms with Gasteiger partial charge in [0.05, 0.1) is 18.8 Å². The molecule has 0 saturated heterocycles. The molecule has 0 atom stereocenters. The van der Waals surface area contributed by atoms with Crippen molar-refractivity contribution in [2.75, 3.05) is 13.2 Å². The molecule has 0 aliphatic carbocycles. The first-order valence-corrected chi connectivity index (χ1v) is 8.12. The summed E-state index contributed by atoms with van der Waals surface area (Å²) in [6.07, 6.45) is 2.54. The molecule has 2 rings (SSSR count). The molecule has 0 amide bonds. The SMILES string of the molecule is C=CC(=O)OCCCCOc1ccc(C(=O)Oc2ccccc2O)cc1. The number of hydrogen-bond acceptors (Lipinski definition) is 6. The molecule has 136 valence electrons. The first kappa shape index (κ1) is 19.1. The van der Waals surface area contributed by atoms with E-state index in [1.165, 1.54) is 12.1 Å². The van der Waals surface area contributed by atoms with Crippen LogP contribution in [0.5, 0.6) is 17.2 Å². The van der Waals surface area contributed by atoms with Crippen LogP contribution in [-0.2, 0) is 9.53 Å². The lowest BCUT2D eigenvalue weighted by Crippen LogP contribution is -2.08. The molecule has 0 aliphatic rings. The number of aromatic hydroxyl groups is 1. The standard InChI is InChI=1S/C20H20O6/c1-2-19(22)25-14-6-5-13-24-16-11-9-15(10-12-16)20(23)26-18-8-4-3-7-17(18)21/h2-4,7-12,21H,1,5-6,13-14H2. The van der Waals surface area contributed by atoms with Crippen LogP contribution in [0, 0.1) is 0 Å². The van der Waals surface area contributed by atoms with Crippen molar-refractivity contribution in [3.63, 3.8) is 0 Å². The van der Waals surface area contributed by atoms with Gasteiger partial charge in [0.25, 0.3) is 0 Å². The lowest BCUT2D eigenvalue weighted by atomic mass is 10.2. The smallest absolute Gasteiger partial charge is 0.343 e. The molecule has 0 aromatic heterocycles. The summed E-state index contributed by atoms with van der Waals surface area (Å²) >= 11 is 0. The van der Waals surface area contributed by atoms with Gasteiger partial charge >= 0.3 is 11.9 Å². The zero-order valence-electron chi connectivity index (χ0n) is 14.2. The average Bonchev–Trinajstić information content (AvgIpc) is 2.66. The highest BCUT2D eigenvalue weighted by molar-refractivity contribution is 5.91. The first-order chi connectivity index (χ1) is 12.6. The Morgan fingerprint density at radius 2 is 1.69 bits per heavy atom. The van der Waals surface area contributed by atoms with Crippen molar-refractivity contribution >= 4 is 11.9 Å².